The number of pyridine rings is 2. The molecular formula is C21H14ClN3O2. The van der Waals surface area contributed by atoms with E-state index in [1.54, 1.807) is 73.2 Å². The van der Waals surface area contributed by atoms with Gasteiger partial charge in [-0.3, -0.25) is 14.8 Å². The molecule has 0 fully saturated rings. The molecule has 4 rings (SSSR count). The van der Waals surface area contributed by atoms with Gasteiger partial charge in [0.1, 0.15) is 0 Å². The first-order valence-corrected chi connectivity index (χ1v) is 8.60. The minimum absolute atomic E-state index is 0.196. The first-order valence-electron chi connectivity index (χ1n) is 8.22. The fourth-order valence-electron chi connectivity index (χ4n) is 2.91. The predicted octanol–water partition coefficient (Wildman–Crippen LogP) is 4.50. The van der Waals surface area contributed by atoms with Crippen molar-refractivity contribution in [3.63, 3.8) is 0 Å². The van der Waals surface area contributed by atoms with E-state index in [0.717, 1.165) is 0 Å². The van der Waals surface area contributed by atoms with Gasteiger partial charge in [-0.15, -0.1) is 0 Å². The van der Waals surface area contributed by atoms with E-state index in [2.05, 4.69) is 9.98 Å². The third kappa shape index (κ3) is 3.20. The zero-order chi connectivity index (χ0) is 18.8. The van der Waals surface area contributed by atoms with Crippen molar-refractivity contribution >= 4 is 34.3 Å². The number of aliphatic imine (C=N–C) groups is 1. The van der Waals surface area contributed by atoms with Crippen molar-refractivity contribution in [2.75, 3.05) is 0 Å². The van der Waals surface area contributed by atoms with Crippen molar-refractivity contribution in [3.05, 3.63) is 94.0 Å². The van der Waals surface area contributed by atoms with Crippen LogP contribution in [0.25, 0.3) is 16.5 Å². The third-order valence-electron chi connectivity index (χ3n) is 4.18. The molecule has 2 heterocycles. The molecule has 132 valence electrons. The number of nitrogens with zero attached hydrogens (tertiary/aromatic N) is 3. The van der Waals surface area contributed by atoms with Gasteiger partial charge in [0.05, 0.1) is 16.9 Å². The number of hydrogen-bond acceptors (Lipinski definition) is 4. The predicted molar refractivity (Wildman–Crippen MR) is 108 cm³/mol. The highest BCUT2D eigenvalue weighted by atomic mass is 35.5. The second-order valence-electron chi connectivity index (χ2n) is 5.87. The minimum atomic E-state index is -0.327. The zero-order valence-corrected chi connectivity index (χ0v) is 14.8. The molecule has 0 saturated carbocycles. The van der Waals surface area contributed by atoms with Crippen LogP contribution in [0.15, 0.2) is 82.8 Å². The lowest BCUT2D eigenvalue weighted by Gasteiger charge is -2.13. The number of benzene rings is 2. The maximum absolute atomic E-state index is 13.0. The van der Waals surface area contributed by atoms with Crippen LogP contribution in [0.5, 0.6) is 5.88 Å². The van der Waals surface area contributed by atoms with E-state index in [1.807, 2.05) is 6.07 Å². The van der Waals surface area contributed by atoms with Gasteiger partial charge in [0.25, 0.3) is 5.56 Å². The van der Waals surface area contributed by atoms with Crippen molar-refractivity contribution in [1.29, 1.82) is 0 Å². The summed E-state index contributed by atoms with van der Waals surface area (Å²) in [4.78, 5) is 21.4. The van der Waals surface area contributed by atoms with Crippen LogP contribution in [0.1, 0.15) is 5.56 Å². The van der Waals surface area contributed by atoms with E-state index in [0.29, 0.717) is 32.7 Å². The van der Waals surface area contributed by atoms with E-state index in [4.69, 9.17) is 11.6 Å². The topological polar surface area (TPSA) is 67.5 Å². The van der Waals surface area contributed by atoms with Crippen LogP contribution in [0.4, 0.5) is 5.69 Å². The molecule has 1 N–H and O–H groups in total. The van der Waals surface area contributed by atoms with Crippen LogP contribution in [0.3, 0.4) is 0 Å². The fraction of sp³-hybridized carbons (Fsp3) is 0. The van der Waals surface area contributed by atoms with Gasteiger partial charge < -0.3 is 5.11 Å². The second-order valence-corrected chi connectivity index (χ2v) is 6.30. The Morgan fingerprint density at radius 2 is 1.74 bits per heavy atom. The molecule has 0 unspecified atom stereocenters. The minimum Gasteiger partial charge on any atom is -0.494 e. The summed E-state index contributed by atoms with van der Waals surface area (Å²) in [6, 6.07) is 17.4. The summed E-state index contributed by atoms with van der Waals surface area (Å²) in [5.41, 5.74) is 1.29. The lowest BCUT2D eigenvalue weighted by atomic mass is 10.1. The molecule has 0 radical (unpaired) electrons. The zero-order valence-electron chi connectivity index (χ0n) is 14.1. The molecule has 4 aromatic rings. The first-order chi connectivity index (χ1) is 13.1. The summed E-state index contributed by atoms with van der Waals surface area (Å²) < 4.78 is 1.24. The summed E-state index contributed by atoms with van der Waals surface area (Å²) in [7, 11) is 0. The maximum atomic E-state index is 13.0. The molecule has 0 aliphatic carbocycles. The van der Waals surface area contributed by atoms with Gasteiger partial charge in [0, 0.05) is 34.4 Å². The Hall–Kier alpha value is -3.44. The van der Waals surface area contributed by atoms with Crippen LogP contribution in [-0.4, -0.2) is 20.9 Å². The van der Waals surface area contributed by atoms with Crippen LogP contribution in [0.2, 0.25) is 5.02 Å². The van der Waals surface area contributed by atoms with Crippen molar-refractivity contribution in [2.45, 2.75) is 0 Å². The van der Waals surface area contributed by atoms with E-state index < -0.39 is 0 Å². The Bertz CT molecular complexity index is 1220. The lowest BCUT2D eigenvalue weighted by Crippen LogP contribution is -2.20. The number of fused-ring (bicyclic) bond motifs is 1. The first kappa shape index (κ1) is 17.0. The second kappa shape index (κ2) is 7.05. The normalized spacial score (nSPS) is 11.3. The van der Waals surface area contributed by atoms with Gasteiger partial charge in [0.15, 0.2) is 0 Å². The number of aromatic nitrogens is 2. The van der Waals surface area contributed by atoms with Gasteiger partial charge in [-0.05, 0) is 36.4 Å². The highest BCUT2D eigenvalue weighted by Crippen LogP contribution is 2.27. The molecule has 0 saturated heterocycles. The standard InChI is InChI=1S/C21H14ClN3O2/c22-14-4-3-5-16(12-14)25-20(26)18-7-2-1-6-17(18)19(21(25)27)13-24-15-8-10-23-11-9-15/h1-13,27H. The molecule has 0 spiro atoms. The number of halogens is 1. The van der Waals surface area contributed by atoms with Crippen molar-refractivity contribution in [2.24, 2.45) is 4.99 Å². The molecule has 0 aliphatic heterocycles. The highest BCUT2D eigenvalue weighted by Gasteiger charge is 2.16. The molecular weight excluding hydrogens is 362 g/mol. The number of rotatable bonds is 3. The molecule has 0 bridgehead atoms. The van der Waals surface area contributed by atoms with Gasteiger partial charge in [-0.25, -0.2) is 4.57 Å². The molecule has 2 aromatic carbocycles. The fourth-order valence-corrected chi connectivity index (χ4v) is 3.10. The molecule has 5 nitrogen and oxygen atoms in total. The Morgan fingerprint density at radius 1 is 1.00 bits per heavy atom. The van der Waals surface area contributed by atoms with E-state index in [9.17, 15) is 9.90 Å². The lowest BCUT2D eigenvalue weighted by molar-refractivity contribution is 0.436. The molecule has 6 heteroatoms. The van der Waals surface area contributed by atoms with Gasteiger partial charge in [-0.2, -0.15) is 0 Å². The summed E-state index contributed by atoms with van der Waals surface area (Å²) in [6.45, 7) is 0. The summed E-state index contributed by atoms with van der Waals surface area (Å²) >= 11 is 6.07. The monoisotopic (exact) mass is 375 g/mol. The number of aromatic hydroxyl groups is 1. The van der Waals surface area contributed by atoms with Crippen molar-refractivity contribution < 1.29 is 5.11 Å². The SMILES string of the molecule is O=c1c2ccccc2c(C=Nc2ccncc2)c(O)n1-c1cccc(Cl)c1. The molecule has 0 amide bonds. The van der Waals surface area contributed by atoms with Crippen LogP contribution in [0, 0.1) is 0 Å². The largest absolute Gasteiger partial charge is 0.494 e. The Kier molecular flexibility index (Phi) is 4.44. The van der Waals surface area contributed by atoms with E-state index in [-0.39, 0.29) is 11.4 Å². The van der Waals surface area contributed by atoms with Crippen LogP contribution < -0.4 is 5.56 Å². The van der Waals surface area contributed by atoms with Crippen molar-refractivity contribution in [3.8, 4) is 11.6 Å². The number of hydrogen-bond donors (Lipinski definition) is 1. The van der Waals surface area contributed by atoms with E-state index >= 15 is 0 Å². The van der Waals surface area contributed by atoms with Gasteiger partial charge in [-0.1, -0.05) is 35.9 Å². The Morgan fingerprint density at radius 3 is 2.48 bits per heavy atom. The van der Waals surface area contributed by atoms with Crippen molar-refractivity contribution in [1.82, 2.24) is 9.55 Å². The van der Waals surface area contributed by atoms with Gasteiger partial charge in [0.2, 0.25) is 5.88 Å². The highest BCUT2D eigenvalue weighted by molar-refractivity contribution is 6.30. The maximum Gasteiger partial charge on any atom is 0.265 e. The quantitative estimate of drug-likeness (QED) is 0.536. The molecule has 0 aliphatic rings. The average molecular weight is 376 g/mol. The summed E-state index contributed by atoms with van der Waals surface area (Å²) in [5, 5.41) is 12.5. The van der Waals surface area contributed by atoms with E-state index in [1.165, 1.54) is 4.57 Å². The van der Waals surface area contributed by atoms with Gasteiger partial charge >= 0.3 is 0 Å². The molecule has 0 atom stereocenters. The third-order valence-corrected chi connectivity index (χ3v) is 4.41. The smallest absolute Gasteiger partial charge is 0.265 e. The molecule has 27 heavy (non-hydrogen) atoms. The summed E-state index contributed by atoms with van der Waals surface area (Å²) in [5.74, 6) is -0.196. The summed E-state index contributed by atoms with van der Waals surface area (Å²) in [6.07, 6.45) is 4.82. The Balaban J connectivity index is 2.00. The molecule has 2 aromatic heterocycles. The van der Waals surface area contributed by atoms with Crippen LogP contribution >= 0.6 is 11.6 Å². The van der Waals surface area contributed by atoms with Crippen LogP contribution in [-0.2, 0) is 0 Å². The average Bonchev–Trinajstić information content (AvgIpc) is 2.69. The Labute approximate surface area is 159 Å².